The van der Waals surface area contributed by atoms with Gasteiger partial charge < -0.3 is 11.5 Å². The molecule has 2 unspecified atom stereocenters. The lowest BCUT2D eigenvalue weighted by atomic mass is 10.0. The number of aliphatic imine (C=N–C) groups is 1. The molecule has 1 aliphatic heterocycles. The van der Waals surface area contributed by atoms with Crippen LogP contribution in [0.15, 0.2) is 4.99 Å². The van der Waals surface area contributed by atoms with Gasteiger partial charge in [0.15, 0.2) is 6.10 Å². The van der Waals surface area contributed by atoms with Gasteiger partial charge in [-0.3, -0.25) is 4.74 Å². The lowest BCUT2D eigenvalue weighted by Crippen LogP contribution is -2.67. The number of quaternary nitrogens is 1. The van der Waals surface area contributed by atoms with Gasteiger partial charge in [-0.15, -0.1) is 0 Å². The maximum Gasteiger partial charge on any atom is 0.329 e. The van der Waals surface area contributed by atoms with Crippen molar-refractivity contribution in [1.29, 1.82) is 0 Å². The van der Waals surface area contributed by atoms with E-state index in [-0.39, 0.29) is 11.6 Å². The van der Waals surface area contributed by atoms with Crippen molar-refractivity contribution in [2.24, 2.45) is 10.7 Å². The Labute approximate surface area is 60.2 Å². The SMILES string of the molecule is C=NC1([NH3+])OC1C(C)(C)N. The van der Waals surface area contributed by atoms with E-state index in [2.05, 4.69) is 17.4 Å². The maximum atomic E-state index is 5.74. The normalized spacial score (nSPS) is 39.4. The summed E-state index contributed by atoms with van der Waals surface area (Å²) in [6.45, 7) is 7.13. The van der Waals surface area contributed by atoms with Crippen LogP contribution in [0.25, 0.3) is 0 Å². The lowest BCUT2D eigenvalue weighted by Gasteiger charge is -2.13. The third-order valence-corrected chi connectivity index (χ3v) is 1.62. The molecular formula is C6H14N3O+. The van der Waals surface area contributed by atoms with Crippen LogP contribution in [-0.2, 0) is 4.74 Å². The molecule has 1 rings (SSSR count). The lowest BCUT2D eigenvalue weighted by molar-refractivity contribution is -0.467. The zero-order chi connectivity index (χ0) is 7.99. The highest BCUT2D eigenvalue weighted by atomic mass is 16.6. The van der Waals surface area contributed by atoms with Crippen molar-refractivity contribution in [2.75, 3.05) is 0 Å². The van der Waals surface area contributed by atoms with Gasteiger partial charge in [0.05, 0.1) is 0 Å². The summed E-state index contributed by atoms with van der Waals surface area (Å²) in [7, 11) is 0. The Morgan fingerprint density at radius 3 is 2.40 bits per heavy atom. The molecular weight excluding hydrogens is 130 g/mol. The molecule has 1 fully saturated rings. The number of epoxide rings is 1. The van der Waals surface area contributed by atoms with Gasteiger partial charge in [-0.25, -0.2) is 4.99 Å². The zero-order valence-electron chi connectivity index (χ0n) is 6.42. The average molecular weight is 144 g/mol. The van der Waals surface area contributed by atoms with E-state index in [1.165, 1.54) is 0 Å². The minimum atomic E-state index is -0.668. The van der Waals surface area contributed by atoms with Crippen LogP contribution >= 0.6 is 0 Å². The molecule has 2 atom stereocenters. The summed E-state index contributed by atoms with van der Waals surface area (Å²) in [5, 5.41) is 0. The predicted molar refractivity (Wildman–Crippen MR) is 38.3 cm³/mol. The smallest absolute Gasteiger partial charge is 0.323 e. The molecule has 1 saturated heterocycles. The van der Waals surface area contributed by atoms with E-state index in [0.717, 1.165) is 0 Å². The van der Waals surface area contributed by atoms with Crippen LogP contribution in [0.1, 0.15) is 13.8 Å². The fraction of sp³-hybridized carbons (Fsp3) is 0.833. The molecule has 4 heteroatoms. The molecule has 1 aliphatic rings. The highest BCUT2D eigenvalue weighted by Crippen LogP contribution is 2.36. The summed E-state index contributed by atoms with van der Waals surface area (Å²) in [6.07, 6.45) is -0.0856. The fourth-order valence-electron chi connectivity index (χ4n) is 1.02. The molecule has 0 aromatic heterocycles. The summed E-state index contributed by atoms with van der Waals surface area (Å²) in [5.74, 6) is -0.668. The predicted octanol–water partition coefficient (Wildman–Crippen LogP) is -1.28. The van der Waals surface area contributed by atoms with E-state index in [1.54, 1.807) is 0 Å². The quantitative estimate of drug-likeness (QED) is 0.374. The van der Waals surface area contributed by atoms with Gasteiger partial charge >= 0.3 is 5.85 Å². The Morgan fingerprint density at radius 1 is 1.80 bits per heavy atom. The van der Waals surface area contributed by atoms with Crippen LogP contribution in [0.3, 0.4) is 0 Å². The van der Waals surface area contributed by atoms with Crippen molar-refractivity contribution in [1.82, 2.24) is 0 Å². The Kier molecular flexibility index (Phi) is 1.36. The minimum absolute atomic E-state index is 0.0856. The standard InChI is InChI=1S/C6H13N3O/c1-5(2,7)4-6(8,9-3)10-4/h4H,3,7-8H2,1-2H3/p+1. The molecule has 0 radical (unpaired) electrons. The van der Waals surface area contributed by atoms with Gasteiger partial charge in [0, 0.05) is 5.54 Å². The number of nitrogens with two attached hydrogens (primary N) is 1. The number of hydrogen-bond acceptors (Lipinski definition) is 3. The van der Waals surface area contributed by atoms with Crippen LogP contribution in [0.5, 0.6) is 0 Å². The summed E-state index contributed by atoms with van der Waals surface area (Å²) in [6, 6.07) is 0. The van der Waals surface area contributed by atoms with Gasteiger partial charge in [-0.05, 0) is 20.6 Å². The second-order valence-corrected chi connectivity index (χ2v) is 3.32. The Morgan fingerprint density at radius 2 is 2.30 bits per heavy atom. The topological polar surface area (TPSA) is 78.5 Å². The Bertz CT molecular complexity index is 163. The molecule has 0 aromatic carbocycles. The highest BCUT2D eigenvalue weighted by Gasteiger charge is 2.64. The first kappa shape index (κ1) is 7.65. The fourth-order valence-corrected chi connectivity index (χ4v) is 1.02. The molecule has 1 heterocycles. The molecule has 0 spiro atoms. The van der Waals surface area contributed by atoms with E-state index < -0.39 is 5.85 Å². The zero-order valence-corrected chi connectivity index (χ0v) is 6.42. The summed E-state index contributed by atoms with van der Waals surface area (Å²) < 4.78 is 5.15. The third kappa shape index (κ3) is 1.05. The van der Waals surface area contributed by atoms with Gasteiger partial charge in [0.1, 0.15) is 0 Å². The third-order valence-electron chi connectivity index (χ3n) is 1.62. The van der Waals surface area contributed by atoms with E-state index in [0.29, 0.717) is 0 Å². The van der Waals surface area contributed by atoms with Gasteiger partial charge in [0.25, 0.3) is 0 Å². The van der Waals surface area contributed by atoms with Gasteiger partial charge in [-0.1, -0.05) is 0 Å². The molecule has 10 heavy (non-hydrogen) atoms. The second kappa shape index (κ2) is 1.78. The van der Waals surface area contributed by atoms with Crippen LogP contribution in [-0.4, -0.2) is 24.2 Å². The highest BCUT2D eigenvalue weighted by molar-refractivity contribution is 5.26. The number of nitrogens with zero attached hydrogens (tertiary/aromatic N) is 1. The molecule has 0 aromatic rings. The molecule has 0 bridgehead atoms. The van der Waals surface area contributed by atoms with Crippen molar-refractivity contribution >= 4 is 6.72 Å². The van der Waals surface area contributed by atoms with Crippen LogP contribution in [0.4, 0.5) is 0 Å². The molecule has 5 N–H and O–H groups in total. The molecule has 58 valence electrons. The van der Waals surface area contributed by atoms with Crippen molar-refractivity contribution in [3.8, 4) is 0 Å². The first-order valence-electron chi connectivity index (χ1n) is 3.20. The van der Waals surface area contributed by atoms with Crippen LogP contribution in [0.2, 0.25) is 0 Å². The van der Waals surface area contributed by atoms with Crippen molar-refractivity contribution in [3.63, 3.8) is 0 Å². The number of ether oxygens (including phenoxy) is 1. The molecule has 0 saturated carbocycles. The number of hydrogen-bond donors (Lipinski definition) is 2. The van der Waals surface area contributed by atoms with Crippen LogP contribution in [0, 0.1) is 0 Å². The molecule has 0 aliphatic carbocycles. The van der Waals surface area contributed by atoms with Gasteiger partial charge in [0.2, 0.25) is 0 Å². The Balaban J connectivity index is 2.61. The molecule has 4 nitrogen and oxygen atoms in total. The monoisotopic (exact) mass is 144 g/mol. The first-order valence-corrected chi connectivity index (χ1v) is 3.20. The van der Waals surface area contributed by atoms with Crippen molar-refractivity contribution in [3.05, 3.63) is 0 Å². The van der Waals surface area contributed by atoms with Crippen molar-refractivity contribution < 1.29 is 10.5 Å². The summed E-state index contributed by atoms with van der Waals surface area (Å²) >= 11 is 0. The van der Waals surface area contributed by atoms with E-state index in [9.17, 15) is 0 Å². The second-order valence-electron chi connectivity index (χ2n) is 3.32. The van der Waals surface area contributed by atoms with E-state index in [1.807, 2.05) is 13.8 Å². The van der Waals surface area contributed by atoms with Gasteiger partial charge in [-0.2, -0.15) is 0 Å². The van der Waals surface area contributed by atoms with E-state index >= 15 is 0 Å². The largest absolute Gasteiger partial charge is 0.329 e. The number of rotatable bonds is 2. The van der Waals surface area contributed by atoms with E-state index in [4.69, 9.17) is 10.5 Å². The maximum absolute atomic E-state index is 5.74. The van der Waals surface area contributed by atoms with Crippen LogP contribution < -0.4 is 11.5 Å². The molecule has 0 amide bonds. The Hall–Kier alpha value is -0.450. The van der Waals surface area contributed by atoms with Crippen molar-refractivity contribution in [2.45, 2.75) is 31.3 Å². The average Bonchev–Trinajstić information content (AvgIpc) is 2.43. The minimum Gasteiger partial charge on any atom is -0.323 e. The first-order chi connectivity index (χ1) is 4.40. The summed E-state index contributed by atoms with van der Waals surface area (Å²) in [4.78, 5) is 3.72. The summed E-state index contributed by atoms with van der Waals surface area (Å²) in [5.41, 5.74) is 9.08.